The number of fused-ring (bicyclic) bond motifs is 2. The topological polar surface area (TPSA) is 117 Å². The molecule has 3 aromatic rings. The Bertz CT molecular complexity index is 1100. The first kappa shape index (κ1) is 19.6. The number of ether oxygens (including phenoxy) is 3. The third-order valence-electron chi connectivity index (χ3n) is 4.42. The Hall–Kier alpha value is -3.69. The van der Waals surface area contributed by atoms with Crippen molar-refractivity contribution < 1.29 is 23.8 Å². The van der Waals surface area contributed by atoms with Crippen molar-refractivity contribution in [2.24, 2.45) is 0 Å². The van der Waals surface area contributed by atoms with E-state index in [2.05, 4.69) is 20.4 Å². The molecule has 0 saturated carbocycles. The molecule has 4 rings (SSSR count). The van der Waals surface area contributed by atoms with E-state index in [1.54, 1.807) is 10.6 Å². The lowest BCUT2D eigenvalue weighted by molar-refractivity contribution is -0.148. The molecule has 10 nitrogen and oxygen atoms in total. The summed E-state index contributed by atoms with van der Waals surface area (Å²) in [6.45, 7) is 3.90. The first-order valence-corrected chi connectivity index (χ1v) is 9.48. The van der Waals surface area contributed by atoms with Crippen LogP contribution in [0.3, 0.4) is 0 Å². The van der Waals surface area contributed by atoms with Gasteiger partial charge in [0.25, 0.3) is 11.7 Å². The number of rotatable bonds is 6. The van der Waals surface area contributed by atoms with Gasteiger partial charge >= 0.3 is 5.97 Å². The van der Waals surface area contributed by atoms with Gasteiger partial charge in [-0.3, -0.25) is 9.59 Å². The molecule has 1 unspecified atom stereocenters. The molecule has 2 aromatic heterocycles. The fourth-order valence-electron chi connectivity index (χ4n) is 3.05. The molecule has 1 N–H and O–H groups in total. The Balaban J connectivity index is 1.22. The first-order valence-electron chi connectivity index (χ1n) is 9.48. The van der Waals surface area contributed by atoms with Crippen LogP contribution >= 0.6 is 0 Å². The molecule has 1 aromatic carbocycles. The van der Waals surface area contributed by atoms with Crippen LogP contribution < -0.4 is 14.8 Å². The Kier molecular flexibility index (Phi) is 5.46. The second-order valence-corrected chi connectivity index (χ2v) is 6.92. The highest BCUT2D eigenvalue weighted by Crippen LogP contribution is 2.30. The number of carbonyl (C=O) groups is 2. The molecule has 0 fully saturated rings. The summed E-state index contributed by atoms with van der Waals surface area (Å²) in [5.74, 6) is 0.991. The fraction of sp³-hybridized carbons (Fsp3) is 0.350. The molecule has 1 atom stereocenters. The van der Waals surface area contributed by atoms with E-state index < -0.39 is 18.5 Å². The van der Waals surface area contributed by atoms with E-state index in [1.165, 1.54) is 0 Å². The number of amides is 1. The molecule has 0 radical (unpaired) electrons. The summed E-state index contributed by atoms with van der Waals surface area (Å²) in [4.78, 5) is 32.5. The summed E-state index contributed by atoms with van der Waals surface area (Å²) in [5.41, 5.74) is 1.68. The molecular formula is C20H21N5O5. The summed E-state index contributed by atoms with van der Waals surface area (Å²) in [6.07, 6.45) is -0.466. The van der Waals surface area contributed by atoms with Gasteiger partial charge in [-0.05, 0) is 32.0 Å². The molecule has 3 heterocycles. The van der Waals surface area contributed by atoms with Crippen molar-refractivity contribution in [1.82, 2.24) is 24.9 Å². The number of nitrogens with one attached hydrogen (secondary N) is 1. The van der Waals surface area contributed by atoms with Gasteiger partial charge in [0.1, 0.15) is 19.1 Å². The number of esters is 1. The third kappa shape index (κ3) is 4.48. The highest BCUT2D eigenvalue weighted by Gasteiger charge is 2.21. The van der Waals surface area contributed by atoms with Crippen LogP contribution in [0.15, 0.2) is 30.3 Å². The SMILES string of the molecule is Cc1cc(C)n2nc(CC(=O)OCC(=O)NCC3COc4ccccc4O3)nc2n1. The summed E-state index contributed by atoms with van der Waals surface area (Å²) >= 11 is 0. The van der Waals surface area contributed by atoms with E-state index >= 15 is 0 Å². The van der Waals surface area contributed by atoms with Gasteiger partial charge in [-0.2, -0.15) is 4.98 Å². The minimum Gasteiger partial charge on any atom is -0.486 e. The molecule has 30 heavy (non-hydrogen) atoms. The monoisotopic (exact) mass is 411 g/mol. The van der Waals surface area contributed by atoms with Crippen LogP contribution in [0.2, 0.25) is 0 Å². The summed E-state index contributed by atoms with van der Waals surface area (Å²) in [5, 5.41) is 6.92. The predicted molar refractivity (Wildman–Crippen MR) is 104 cm³/mol. The van der Waals surface area contributed by atoms with Crippen LogP contribution in [0.5, 0.6) is 11.5 Å². The molecule has 0 bridgehead atoms. The Morgan fingerprint density at radius 1 is 1.23 bits per heavy atom. The van der Waals surface area contributed by atoms with Crippen LogP contribution in [-0.2, 0) is 20.7 Å². The molecule has 10 heteroatoms. The van der Waals surface area contributed by atoms with E-state index in [1.807, 2.05) is 38.1 Å². The standard InChI is InChI=1S/C20H21N5O5/c1-12-7-13(2)25-20(22-12)23-17(24-25)8-19(27)29-11-18(26)21-9-14-10-28-15-5-3-4-6-16(15)30-14/h3-7,14H,8-11H2,1-2H3,(H,21,26). The quantitative estimate of drug-likeness (QED) is 0.592. The van der Waals surface area contributed by atoms with Gasteiger partial charge in [0.15, 0.2) is 23.9 Å². The highest BCUT2D eigenvalue weighted by molar-refractivity contribution is 5.81. The number of aryl methyl sites for hydroxylation is 2. The average Bonchev–Trinajstić information content (AvgIpc) is 3.13. The number of benzene rings is 1. The maximum Gasteiger partial charge on any atom is 0.314 e. The smallest absolute Gasteiger partial charge is 0.314 e. The van der Waals surface area contributed by atoms with E-state index in [4.69, 9.17) is 14.2 Å². The van der Waals surface area contributed by atoms with Crippen LogP contribution in [-0.4, -0.2) is 57.3 Å². The number of aromatic nitrogens is 4. The lowest BCUT2D eigenvalue weighted by Gasteiger charge is -2.26. The second-order valence-electron chi connectivity index (χ2n) is 6.92. The normalized spacial score (nSPS) is 15.1. The molecule has 156 valence electrons. The van der Waals surface area contributed by atoms with Crippen molar-refractivity contribution in [2.75, 3.05) is 19.8 Å². The molecular weight excluding hydrogens is 390 g/mol. The van der Waals surface area contributed by atoms with Crippen LogP contribution in [0.1, 0.15) is 17.2 Å². The van der Waals surface area contributed by atoms with E-state index in [-0.39, 0.29) is 24.9 Å². The van der Waals surface area contributed by atoms with Gasteiger partial charge < -0.3 is 19.5 Å². The maximum absolute atomic E-state index is 12.0. The van der Waals surface area contributed by atoms with Crippen molar-refractivity contribution in [3.8, 4) is 11.5 Å². The van der Waals surface area contributed by atoms with E-state index in [0.29, 0.717) is 23.9 Å². The minimum absolute atomic E-state index is 0.147. The largest absolute Gasteiger partial charge is 0.486 e. The third-order valence-corrected chi connectivity index (χ3v) is 4.42. The number of hydrogen-bond acceptors (Lipinski definition) is 8. The number of para-hydroxylation sites is 2. The van der Waals surface area contributed by atoms with Crippen LogP contribution in [0, 0.1) is 13.8 Å². The molecule has 0 spiro atoms. The van der Waals surface area contributed by atoms with Crippen LogP contribution in [0.4, 0.5) is 0 Å². The van der Waals surface area contributed by atoms with Gasteiger partial charge in [0.2, 0.25) is 0 Å². The zero-order valence-electron chi connectivity index (χ0n) is 16.6. The molecule has 0 aliphatic carbocycles. The average molecular weight is 411 g/mol. The lowest BCUT2D eigenvalue weighted by atomic mass is 10.2. The van der Waals surface area contributed by atoms with Gasteiger partial charge in [-0.15, -0.1) is 5.10 Å². The lowest BCUT2D eigenvalue weighted by Crippen LogP contribution is -2.42. The zero-order chi connectivity index (χ0) is 21.1. The van der Waals surface area contributed by atoms with Gasteiger partial charge in [-0.25, -0.2) is 9.50 Å². The predicted octanol–water partition coefficient (Wildman–Crippen LogP) is 0.783. The van der Waals surface area contributed by atoms with Crippen molar-refractivity contribution >= 4 is 17.7 Å². The Morgan fingerprint density at radius 3 is 2.87 bits per heavy atom. The Labute approximate surface area is 172 Å². The minimum atomic E-state index is -0.596. The van der Waals surface area contributed by atoms with Gasteiger partial charge in [-0.1, -0.05) is 12.1 Å². The maximum atomic E-state index is 12.0. The van der Waals surface area contributed by atoms with E-state index in [0.717, 1.165) is 11.4 Å². The number of hydrogen-bond donors (Lipinski definition) is 1. The van der Waals surface area contributed by atoms with Gasteiger partial charge in [0.05, 0.1) is 6.54 Å². The second kappa shape index (κ2) is 8.36. The summed E-state index contributed by atoms with van der Waals surface area (Å²) < 4.78 is 17.9. The van der Waals surface area contributed by atoms with Crippen molar-refractivity contribution in [3.63, 3.8) is 0 Å². The highest BCUT2D eigenvalue weighted by atomic mass is 16.6. The summed E-state index contributed by atoms with van der Waals surface area (Å²) in [6, 6.07) is 9.20. The Morgan fingerprint density at radius 2 is 2.03 bits per heavy atom. The van der Waals surface area contributed by atoms with Crippen molar-refractivity contribution in [2.45, 2.75) is 26.4 Å². The summed E-state index contributed by atoms with van der Waals surface area (Å²) in [7, 11) is 0. The fourth-order valence-corrected chi connectivity index (χ4v) is 3.05. The molecule has 1 aliphatic heterocycles. The molecule has 1 amide bonds. The van der Waals surface area contributed by atoms with Crippen molar-refractivity contribution in [3.05, 3.63) is 47.5 Å². The van der Waals surface area contributed by atoms with Crippen molar-refractivity contribution in [1.29, 1.82) is 0 Å². The zero-order valence-corrected chi connectivity index (χ0v) is 16.6. The van der Waals surface area contributed by atoms with E-state index in [9.17, 15) is 9.59 Å². The first-order chi connectivity index (χ1) is 14.5. The number of nitrogens with zero attached hydrogens (tertiary/aromatic N) is 4. The van der Waals surface area contributed by atoms with Gasteiger partial charge in [0, 0.05) is 11.4 Å². The number of carbonyl (C=O) groups excluding carboxylic acids is 2. The molecule has 1 aliphatic rings. The van der Waals surface area contributed by atoms with Crippen LogP contribution in [0.25, 0.3) is 5.78 Å². The molecule has 0 saturated heterocycles.